The smallest absolute Gasteiger partial charge is 0.227 e. The van der Waals surface area contributed by atoms with Gasteiger partial charge in [0.1, 0.15) is 0 Å². The molecule has 18 heavy (non-hydrogen) atoms. The lowest BCUT2D eigenvalue weighted by atomic mass is 9.98. The fourth-order valence-electron chi connectivity index (χ4n) is 1.95. The van der Waals surface area contributed by atoms with Crippen LogP contribution in [0.5, 0.6) is 0 Å². The summed E-state index contributed by atoms with van der Waals surface area (Å²) in [6.45, 7) is 4.21. The Hall–Kier alpha value is -1.02. The Morgan fingerprint density at radius 1 is 1.39 bits per heavy atom. The number of halogens is 1. The largest absolute Gasteiger partial charge is 0.326 e. The van der Waals surface area contributed by atoms with Gasteiger partial charge in [0.2, 0.25) is 5.91 Å². The minimum absolute atomic E-state index is 0.115. The predicted molar refractivity (Wildman–Crippen MR) is 77.9 cm³/mol. The van der Waals surface area contributed by atoms with Crippen LogP contribution in [0.3, 0.4) is 0 Å². The van der Waals surface area contributed by atoms with Gasteiger partial charge in [0.25, 0.3) is 0 Å². The molecule has 0 fully saturated rings. The number of nitrogens with one attached hydrogen (secondary N) is 1. The number of benzene rings is 1. The van der Waals surface area contributed by atoms with Gasteiger partial charge in [0, 0.05) is 17.5 Å². The van der Waals surface area contributed by atoms with Gasteiger partial charge in [-0.05, 0) is 30.5 Å². The summed E-state index contributed by atoms with van der Waals surface area (Å²) >= 11 is 5.78. The Morgan fingerprint density at radius 3 is 2.78 bits per heavy atom. The number of hydrogen-bond donors (Lipinski definition) is 1. The molecule has 0 heterocycles. The van der Waals surface area contributed by atoms with E-state index in [1.807, 2.05) is 24.3 Å². The van der Waals surface area contributed by atoms with Crippen LogP contribution >= 0.6 is 11.6 Å². The maximum Gasteiger partial charge on any atom is 0.227 e. The summed E-state index contributed by atoms with van der Waals surface area (Å²) in [6.07, 6.45) is 4.09. The van der Waals surface area contributed by atoms with Crippen molar-refractivity contribution in [3.05, 3.63) is 29.8 Å². The summed E-state index contributed by atoms with van der Waals surface area (Å²) in [5, 5.41) is 2.98. The molecule has 1 aromatic rings. The van der Waals surface area contributed by atoms with Crippen LogP contribution in [0, 0.1) is 5.92 Å². The molecule has 1 amide bonds. The molecular weight excluding hydrogens is 246 g/mol. The van der Waals surface area contributed by atoms with Crippen molar-refractivity contribution < 1.29 is 4.79 Å². The van der Waals surface area contributed by atoms with Crippen molar-refractivity contribution in [1.29, 1.82) is 0 Å². The second kappa shape index (κ2) is 8.15. The molecule has 0 aromatic heterocycles. The van der Waals surface area contributed by atoms with Crippen molar-refractivity contribution in [3.8, 4) is 0 Å². The first-order valence-electron chi connectivity index (χ1n) is 6.67. The van der Waals surface area contributed by atoms with Gasteiger partial charge < -0.3 is 5.32 Å². The number of hydrogen-bond acceptors (Lipinski definition) is 1. The molecule has 100 valence electrons. The SMILES string of the molecule is CCCCC(CC)C(=O)Nc1cccc(CCl)c1. The molecule has 0 aliphatic heterocycles. The van der Waals surface area contributed by atoms with E-state index < -0.39 is 0 Å². The Bertz CT molecular complexity index is 379. The van der Waals surface area contributed by atoms with Crippen molar-refractivity contribution in [1.82, 2.24) is 0 Å². The minimum atomic E-state index is 0.115. The van der Waals surface area contributed by atoms with E-state index in [0.717, 1.165) is 36.9 Å². The van der Waals surface area contributed by atoms with Gasteiger partial charge in [-0.2, -0.15) is 0 Å². The maximum atomic E-state index is 12.1. The highest BCUT2D eigenvalue weighted by molar-refractivity contribution is 6.17. The van der Waals surface area contributed by atoms with Crippen molar-refractivity contribution in [2.75, 3.05) is 5.32 Å². The zero-order chi connectivity index (χ0) is 13.4. The summed E-state index contributed by atoms with van der Waals surface area (Å²) in [5.74, 6) is 0.707. The molecule has 0 spiro atoms. The third-order valence-electron chi connectivity index (χ3n) is 3.12. The van der Waals surface area contributed by atoms with Crippen LogP contribution in [0.25, 0.3) is 0 Å². The lowest BCUT2D eigenvalue weighted by Crippen LogP contribution is -2.22. The lowest BCUT2D eigenvalue weighted by molar-refractivity contribution is -0.120. The number of amides is 1. The van der Waals surface area contributed by atoms with Gasteiger partial charge in [0.05, 0.1) is 0 Å². The van der Waals surface area contributed by atoms with Crippen molar-refractivity contribution in [2.45, 2.75) is 45.4 Å². The minimum Gasteiger partial charge on any atom is -0.326 e. The van der Waals surface area contributed by atoms with Crippen LogP contribution in [-0.4, -0.2) is 5.91 Å². The van der Waals surface area contributed by atoms with Gasteiger partial charge in [-0.3, -0.25) is 4.79 Å². The second-order valence-electron chi connectivity index (χ2n) is 4.57. The lowest BCUT2D eigenvalue weighted by Gasteiger charge is -2.14. The van der Waals surface area contributed by atoms with Crippen molar-refractivity contribution in [2.24, 2.45) is 5.92 Å². The Morgan fingerprint density at radius 2 is 2.17 bits per heavy atom. The quantitative estimate of drug-likeness (QED) is 0.720. The number of anilines is 1. The molecule has 0 aliphatic rings. The summed E-state index contributed by atoms with van der Waals surface area (Å²) in [6, 6.07) is 7.70. The molecule has 0 aliphatic carbocycles. The molecule has 1 unspecified atom stereocenters. The molecule has 1 rings (SSSR count). The van der Waals surface area contributed by atoms with E-state index in [9.17, 15) is 4.79 Å². The second-order valence-corrected chi connectivity index (χ2v) is 4.84. The molecule has 3 heteroatoms. The predicted octanol–water partition coefficient (Wildman–Crippen LogP) is 4.58. The van der Waals surface area contributed by atoms with Crippen LogP contribution in [0.15, 0.2) is 24.3 Å². The third kappa shape index (κ3) is 4.69. The number of unbranched alkanes of at least 4 members (excludes halogenated alkanes) is 1. The molecule has 2 nitrogen and oxygen atoms in total. The number of rotatable bonds is 7. The van der Waals surface area contributed by atoms with E-state index in [-0.39, 0.29) is 11.8 Å². The fraction of sp³-hybridized carbons (Fsp3) is 0.533. The van der Waals surface area contributed by atoms with Crippen LogP contribution in [-0.2, 0) is 10.7 Å². The van der Waals surface area contributed by atoms with Gasteiger partial charge >= 0.3 is 0 Å². The maximum absolute atomic E-state index is 12.1. The Labute approximate surface area is 115 Å². The summed E-state index contributed by atoms with van der Waals surface area (Å²) in [5.41, 5.74) is 1.86. The monoisotopic (exact) mass is 267 g/mol. The highest BCUT2D eigenvalue weighted by atomic mass is 35.5. The Balaban J connectivity index is 2.61. The molecule has 1 aromatic carbocycles. The van der Waals surface area contributed by atoms with E-state index in [2.05, 4.69) is 19.2 Å². The first-order chi connectivity index (χ1) is 8.71. The average molecular weight is 268 g/mol. The Kier molecular flexibility index (Phi) is 6.81. The van der Waals surface area contributed by atoms with E-state index in [1.165, 1.54) is 0 Å². The number of carbonyl (C=O) groups is 1. The van der Waals surface area contributed by atoms with Crippen molar-refractivity contribution >= 4 is 23.2 Å². The summed E-state index contributed by atoms with van der Waals surface area (Å²) in [4.78, 5) is 12.1. The molecular formula is C15H22ClNO. The van der Waals surface area contributed by atoms with Gasteiger partial charge in [-0.1, -0.05) is 38.8 Å². The number of alkyl halides is 1. The van der Waals surface area contributed by atoms with E-state index in [4.69, 9.17) is 11.6 Å². The molecule has 0 bridgehead atoms. The van der Waals surface area contributed by atoms with Crippen LogP contribution in [0.1, 0.15) is 45.1 Å². The van der Waals surface area contributed by atoms with Crippen LogP contribution in [0.4, 0.5) is 5.69 Å². The molecule has 0 saturated heterocycles. The molecule has 0 saturated carbocycles. The number of carbonyl (C=O) groups excluding carboxylic acids is 1. The van der Waals surface area contributed by atoms with Crippen LogP contribution < -0.4 is 5.32 Å². The highest BCUT2D eigenvalue weighted by Crippen LogP contribution is 2.17. The zero-order valence-electron chi connectivity index (χ0n) is 11.2. The van der Waals surface area contributed by atoms with E-state index in [0.29, 0.717) is 5.88 Å². The summed E-state index contributed by atoms with van der Waals surface area (Å²) in [7, 11) is 0. The highest BCUT2D eigenvalue weighted by Gasteiger charge is 2.15. The van der Waals surface area contributed by atoms with Gasteiger partial charge in [-0.15, -0.1) is 11.6 Å². The molecule has 1 N–H and O–H groups in total. The first-order valence-corrected chi connectivity index (χ1v) is 7.20. The molecule has 1 atom stereocenters. The molecule has 0 radical (unpaired) electrons. The van der Waals surface area contributed by atoms with Crippen molar-refractivity contribution in [3.63, 3.8) is 0 Å². The summed E-state index contributed by atoms with van der Waals surface area (Å²) < 4.78 is 0. The third-order valence-corrected chi connectivity index (χ3v) is 3.43. The van der Waals surface area contributed by atoms with Gasteiger partial charge in [-0.25, -0.2) is 0 Å². The zero-order valence-corrected chi connectivity index (χ0v) is 12.0. The van der Waals surface area contributed by atoms with E-state index in [1.54, 1.807) is 0 Å². The normalized spacial score (nSPS) is 12.2. The topological polar surface area (TPSA) is 29.1 Å². The standard InChI is InChI=1S/C15H22ClNO/c1-3-5-8-13(4-2)15(18)17-14-9-6-7-12(10-14)11-16/h6-7,9-10,13H,3-5,8,11H2,1-2H3,(H,17,18). The van der Waals surface area contributed by atoms with Crippen LogP contribution in [0.2, 0.25) is 0 Å². The first kappa shape index (κ1) is 15.0. The van der Waals surface area contributed by atoms with Gasteiger partial charge in [0.15, 0.2) is 0 Å². The van der Waals surface area contributed by atoms with E-state index >= 15 is 0 Å². The fourth-order valence-corrected chi connectivity index (χ4v) is 2.11. The average Bonchev–Trinajstić information content (AvgIpc) is 2.40.